The lowest BCUT2D eigenvalue weighted by molar-refractivity contribution is 0.312. The molecule has 1 aliphatic rings. The number of nitrogens with zero attached hydrogens (tertiary/aromatic N) is 4. The summed E-state index contributed by atoms with van der Waals surface area (Å²) in [7, 11) is 5.47. The van der Waals surface area contributed by atoms with E-state index in [1.807, 2.05) is 30.5 Å². The van der Waals surface area contributed by atoms with E-state index in [1.165, 1.54) is 0 Å². The largest absolute Gasteiger partial charge is 0.497 e. The van der Waals surface area contributed by atoms with E-state index in [9.17, 15) is 0 Å². The van der Waals surface area contributed by atoms with Gasteiger partial charge >= 0.3 is 0 Å². The number of rotatable bonds is 8. The number of hydrogen-bond acceptors (Lipinski definition) is 6. The lowest BCUT2D eigenvalue weighted by Crippen LogP contribution is -2.44. The van der Waals surface area contributed by atoms with Crippen LogP contribution in [0.4, 0.5) is 5.82 Å². The van der Waals surface area contributed by atoms with Gasteiger partial charge in [0.2, 0.25) is 0 Å². The molecule has 1 aliphatic heterocycles. The molecule has 0 saturated carbocycles. The molecule has 0 amide bonds. The van der Waals surface area contributed by atoms with Crippen LogP contribution in [0.3, 0.4) is 0 Å². The molecule has 8 nitrogen and oxygen atoms in total. The fourth-order valence-corrected chi connectivity index (χ4v) is 3.46. The summed E-state index contributed by atoms with van der Waals surface area (Å²) in [4.78, 5) is 14.0. The second kappa shape index (κ2) is 13.3. The van der Waals surface area contributed by atoms with Crippen molar-refractivity contribution in [3.63, 3.8) is 0 Å². The molecule has 176 valence electrons. The molecule has 1 saturated heterocycles. The van der Waals surface area contributed by atoms with Gasteiger partial charge in [0.1, 0.15) is 17.3 Å². The van der Waals surface area contributed by atoms with Crippen LogP contribution in [0.25, 0.3) is 0 Å². The van der Waals surface area contributed by atoms with Gasteiger partial charge in [-0.3, -0.25) is 0 Å². The maximum absolute atomic E-state index is 5.49. The number of nitrogens with one attached hydrogen (secondary N) is 2. The number of anilines is 1. The molecule has 32 heavy (non-hydrogen) atoms. The molecule has 9 heteroatoms. The van der Waals surface area contributed by atoms with Crippen molar-refractivity contribution in [3.05, 3.63) is 47.7 Å². The third-order valence-electron chi connectivity index (χ3n) is 5.34. The Morgan fingerprint density at radius 1 is 1.06 bits per heavy atom. The monoisotopic (exact) mass is 554 g/mol. The van der Waals surface area contributed by atoms with Gasteiger partial charge < -0.3 is 29.9 Å². The summed E-state index contributed by atoms with van der Waals surface area (Å²) in [5.41, 5.74) is 2.18. The van der Waals surface area contributed by atoms with Gasteiger partial charge in [0.15, 0.2) is 5.96 Å². The molecule has 1 fully saturated rings. The van der Waals surface area contributed by atoms with Crippen LogP contribution in [0.5, 0.6) is 11.5 Å². The summed E-state index contributed by atoms with van der Waals surface area (Å²) in [6.45, 7) is 8.16. The average Bonchev–Trinajstić information content (AvgIpc) is 2.81. The molecule has 0 bridgehead atoms. The molecule has 1 aromatic heterocycles. The van der Waals surface area contributed by atoms with Gasteiger partial charge in [-0.2, -0.15) is 0 Å². The first-order valence-electron chi connectivity index (χ1n) is 10.7. The molecule has 3 rings (SSSR count). The van der Waals surface area contributed by atoms with Gasteiger partial charge in [-0.15, -0.1) is 24.0 Å². The van der Waals surface area contributed by atoms with Gasteiger partial charge in [-0.05, 0) is 43.8 Å². The van der Waals surface area contributed by atoms with Gasteiger partial charge in [0, 0.05) is 57.1 Å². The first kappa shape index (κ1) is 26.0. The number of piperazine rings is 1. The average molecular weight is 554 g/mol. The molecule has 2 heterocycles. The smallest absolute Gasteiger partial charge is 0.191 e. The molecule has 0 atom stereocenters. The number of guanidine groups is 1. The minimum atomic E-state index is 0. The lowest BCUT2D eigenvalue weighted by Gasteiger charge is -2.33. The summed E-state index contributed by atoms with van der Waals surface area (Å²) in [5.74, 6) is 3.35. The second-order valence-electron chi connectivity index (χ2n) is 7.54. The normalized spacial score (nSPS) is 14.5. The van der Waals surface area contributed by atoms with Crippen LogP contribution in [0.1, 0.15) is 18.1 Å². The number of likely N-dealkylation sites (N-methyl/N-ethyl adjacent to an activating group) is 1. The predicted molar refractivity (Wildman–Crippen MR) is 141 cm³/mol. The van der Waals surface area contributed by atoms with E-state index < -0.39 is 0 Å². The zero-order chi connectivity index (χ0) is 22.1. The Balaban J connectivity index is 0.00000363. The molecule has 0 spiro atoms. The third kappa shape index (κ3) is 7.40. The molecule has 2 N–H and O–H groups in total. The Bertz CT molecular complexity index is 871. The number of methoxy groups -OCH3 is 2. The number of benzene rings is 1. The minimum absolute atomic E-state index is 0. The van der Waals surface area contributed by atoms with E-state index in [2.05, 4.69) is 45.5 Å². The highest BCUT2D eigenvalue weighted by Crippen LogP contribution is 2.24. The zero-order valence-electron chi connectivity index (χ0n) is 19.4. The minimum Gasteiger partial charge on any atom is -0.497 e. The van der Waals surface area contributed by atoms with Crippen molar-refractivity contribution >= 4 is 35.8 Å². The van der Waals surface area contributed by atoms with Crippen molar-refractivity contribution in [3.8, 4) is 11.5 Å². The topological polar surface area (TPSA) is 74.3 Å². The Morgan fingerprint density at radius 2 is 1.84 bits per heavy atom. The highest BCUT2D eigenvalue weighted by atomic mass is 127. The van der Waals surface area contributed by atoms with Crippen molar-refractivity contribution in [2.45, 2.75) is 20.0 Å². The van der Waals surface area contributed by atoms with E-state index >= 15 is 0 Å². The maximum Gasteiger partial charge on any atom is 0.191 e. The maximum atomic E-state index is 5.49. The van der Waals surface area contributed by atoms with Crippen molar-refractivity contribution < 1.29 is 9.47 Å². The fourth-order valence-electron chi connectivity index (χ4n) is 3.46. The molecule has 0 unspecified atom stereocenters. The van der Waals surface area contributed by atoms with Crippen molar-refractivity contribution in [1.82, 2.24) is 20.5 Å². The van der Waals surface area contributed by atoms with Gasteiger partial charge in [-0.25, -0.2) is 9.98 Å². The summed E-state index contributed by atoms with van der Waals surface area (Å²) < 4.78 is 10.8. The predicted octanol–water partition coefficient (Wildman–Crippen LogP) is 2.72. The zero-order valence-corrected chi connectivity index (χ0v) is 21.8. The number of ether oxygens (including phenoxy) is 2. The lowest BCUT2D eigenvalue weighted by atomic mass is 10.2. The van der Waals surface area contributed by atoms with E-state index in [1.54, 1.807) is 14.2 Å². The molecule has 2 aromatic rings. The van der Waals surface area contributed by atoms with Gasteiger partial charge in [-0.1, -0.05) is 0 Å². The van der Waals surface area contributed by atoms with Crippen LogP contribution in [-0.2, 0) is 13.1 Å². The van der Waals surface area contributed by atoms with Crippen LogP contribution in [-0.4, -0.2) is 69.8 Å². The van der Waals surface area contributed by atoms with E-state index in [4.69, 9.17) is 14.5 Å². The molecular weight excluding hydrogens is 519 g/mol. The summed E-state index contributed by atoms with van der Waals surface area (Å²) >= 11 is 0. The van der Waals surface area contributed by atoms with Crippen molar-refractivity contribution in [2.75, 3.05) is 58.9 Å². The van der Waals surface area contributed by atoms with Crippen LogP contribution < -0.4 is 25.0 Å². The van der Waals surface area contributed by atoms with Crippen molar-refractivity contribution in [2.24, 2.45) is 4.99 Å². The molecule has 1 aromatic carbocycles. The SMILES string of the molecule is CCNC(=NCc1ccnc(N2CCN(C)CC2)c1)NCc1ccc(OC)cc1OC.I. The number of halogens is 1. The molecular formula is C23H35IN6O2. The Morgan fingerprint density at radius 3 is 2.53 bits per heavy atom. The van der Waals surface area contributed by atoms with Crippen LogP contribution >= 0.6 is 24.0 Å². The quantitative estimate of drug-likeness (QED) is 0.296. The summed E-state index contributed by atoms with van der Waals surface area (Å²) in [6, 6.07) is 9.99. The number of hydrogen-bond donors (Lipinski definition) is 2. The van der Waals surface area contributed by atoms with Gasteiger partial charge in [0.05, 0.1) is 20.8 Å². The molecule has 0 aliphatic carbocycles. The first-order chi connectivity index (χ1) is 15.1. The van der Waals surface area contributed by atoms with E-state index in [-0.39, 0.29) is 24.0 Å². The number of pyridine rings is 1. The Kier molecular flexibility index (Phi) is 10.8. The van der Waals surface area contributed by atoms with E-state index in [0.29, 0.717) is 13.1 Å². The summed E-state index contributed by atoms with van der Waals surface area (Å²) in [6.07, 6.45) is 1.88. The van der Waals surface area contributed by atoms with Crippen LogP contribution in [0.15, 0.2) is 41.5 Å². The molecule has 0 radical (unpaired) electrons. The third-order valence-corrected chi connectivity index (χ3v) is 5.34. The number of aromatic nitrogens is 1. The van der Waals surface area contributed by atoms with Crippen LogP contribution in [0.2, 0.25) is 0 Å². The van der Waals surface area contributed by atoms with Crippen LogP contribution in [0, 0.1) is 0 Å². The van der Waals surface area contributed by atoms with E-state index in [0.717, 1.165) is 67.1 Å². The standard InChI is InChI=1S/C23H34N6O2.HI/c1-5-24-23(27-17-19-6-7-20(30-3)15-21(19)31-4)26-16-18-8-9-25-22(14-18)29-12-10-28(2)11-13-29;/h6-9,14-15H,5,10-13,16-17H2,1-4H3,(H2,24,26,27);1H. The highest BCUT2D eigenvalue weighted by molar-refractivity contribution is 14.0. The summed E-state index contributed by atoms with van der Waals surface area (Å²) in [5, 5.41) is 6.70. The number of aliphatic imine (C=N–C) groups is 1. The first-order valence-corrected chi connectivity index (χ1v) is 10.7. The Labute approximate surface area is 208 Å². The highest BCUT2D eigenvalue weighted by Gasteiger charge is 2.15. The Hall–Kier alpha value is -2.27. The van der Waals surface area contributed by atoms with Crippen molar-refractivity contribution in [1.29, 1.82) is 0 Å². The van der Waals surface area contributed by atoms with Gasteiger partial charge in [0.25, 0.3) is 0 Å². The fraction of sp³-hybridized carbons (Fsp3) is 0.478. The second-order valence-corrected chi connectivity index (χ2v) is 7.54.